The number of rotatable bonds is 4. The van der Waals surface area contributed by atoms with E-state index in [1.807, 2.05) is 43.0 Å². The molecule has 1 amide bonds. The van der Waals surface area contributed by atoms with Gasteiger partial charge < -0.3 is 9.64 Å². The van der Waals surface area contributed by atoms with Gasteiger partial charge >= 0.3 is 0 Å². The molecule has 1 saturated heterocycles. The van der Waals surface area contributed by atoms with Crippen LogP contribution in [0.2, 0.25) is 0 Å². The molecule has 2 atom stereocenters. The molecule has 150 valence electrons. The number of amides is 1. The van der Waals surface area contributed by atoms with Crippen LogP contribution in [0.25, 0.3) is 5.69 Å². The van der Waals surface area contributed by atoms with E-state index in [-0.39, 0.29) is 18.1 Å². The number of ether oxygens (including phenoxy) is 1. The standard InChI is InChI=1S/C20H21BrN6O2/c1-13-5-7-16(27-23-9-10-24-27)19(25-13)20(28)26-11-3-4-17(14(26)2)29-18-8-6-15(21)12-22-18/h5-10,12,14,17H,3-4,11H2,1-2H3/t14-,17+/m0/s1. The molecule has 1 aliphatic heterocycles. The predicted molar refractivity (Wildman–Crippen MR) is 110 cm³/mol. The molecular formula is C20H21BrN6O2. The van der Waals surface area contributed by atoms with Crippen molar-refractivity contribution in [3.8, 4) is 11.6 Å². The van der Waals surface area contributed by atoms with Gasteiger partial charge in [-0.1, -0.05) is 0 Å². The number of nitrogens with zero attached hydrogens (tertiary/aromatic N) is 6. The SMILES string of the molecule is Cc1ccc(-n2nccn2)c(C(=O)N2CCC[C@@H](Oc3ccc(Br)cn3)[C@@H]2C)n1. The van der Waals surface area contributed by atoms with Crippen LogP contribution in [-0.4, -0.2) is 54.5 Å². The molecule has 0 aromatic carbocycles. The highest BCUT2D eigenvalue weighted by Gasteiger charge is 2.35. The Morgan fingerprint density at radius 3 is 2.72 bits per heavy atom. The number of hydrogen-bond donors (Lipinski definition) is 0. The van der Waals surface area contributed by atoms with Crippen molar-refractivity contribution in [3.05, 3.63) is 58.7 Å². The predicted octanol–water partition coefficient (Wildman–Crippen LogP) is 3.20. The summed E-state index contributed by atoms with van der Waals surface area (Å²) in [6, 6.07) is 7.26. The molecule has 0 bridgehead atoms. The third-order valence-corrected chi connectivity index (χ3v) is 5.47. The fourth-order valence-corrected chi connectivity index (χ4v) is 3.72. The average molecular weight is 457 g/mol. The van der Waals surface area contributed by atoms with Crippen LogP contribution in [0.1, 0.15) is 35.9 Å². The van der Waals surface area contributed by atoms with E-state index in [4.69, 9.17) is 4.74 Å². The van der Waals surface area contributed by atoms with Gasteiger partial charge in [0.05, 0.1) is 18.4 Å². The summed E-state index contributed by atoms with van der Waals surface area (Å²) in [5.74, 6) is 0.403. The zero-order valence-electron chi connectivity index (χ0n) is 16.2. The van der Waals surface area contributed by atoms with Crippen LogP contribution < -0.4 is 4.74 Å². The molecule has 9 heteroatoms. The van der Waals surface area contributed by atoms with Gasteiger partial charge in [0.15, 0.2) is 5.69 Å². The summed E-state index contributed by atoms with van der Waals surface area (Å²) in [6.07, 6.45) is 6.42. The summed E-state index contributed by atoms with van der Waals surface area (Å²) in [5, 5.41) is 8.32. The van der Waals surface area contributed by atoms with Gasteiger partial charge in [0.1, 0.15) is 11.8 Å². The van der Waals surface area contributed by atoms with Crippen molar-refractivity contribution in [2.24, 2.45) is 0 Å². The fraction of sp³-hybridized carbons (Fsp3) is 0.350. The first-order valence-corrected chi connectivity index (χ1v) is 10.3. The highest BCUT2D eigenvalue weighted by Crippen LogP contribution is 2.25. The van der Waals surface area contributed by atoms with Gasteiger partial charge in [-0.15, -0.1) is 4.80 Å². The van der Waals surface area contributed by atoms with Crippen LogP contribution in [0.4, 0.5) is 0 Å². The summed E-state index contributed by atoms with van der Waals surface area (Å²) in [5.41, 5.74) is 1.67. The van der Waals surface area contributed by atoms with Gasteiger partial charge in [-0.3, -0.25) is 4.79 Å². The lowest BCUT2D eigenvalue weighted by Crippen LogP contribution is -2.51. The number of hydrogen-bond acceptors (Lipinski definition) is 6. The van der Waals surface area contributed by atoms with Crippen LogP contribution in [-0.2, 0) is 0 Å². The Hall–Kier alpha value is -2.81. The Bertz CT molecular complexity index is 993. The van der Waals surface area contributed by atoms with Crippen molar-refractivity contribution in [3.63, 3.8) is 0 Å². The molecule has 0 N–H and O–H groups in total. The smallest absolute Gasteiger partial charge is 0.275 e. The van der Waals surface area contributed by atoms with E-state index < -0.39 is 0 Å². The highest BCUT2D eigenvalue weighted by molar-refractivity contribution is 9.10. The first kappa shape index (κ1) is 19.5. The number of carbonyl (C=O) groups excluding carboxylic acids is 1. The Labute approximate surface area is 177 Å². The van der Waals surface area contributed by atoms with E-state index in [1.165, 1.54) is 4.80 Å². The average Bonchev–Trinajstić information content (AvgIpc) is 3.25. The van der Waals surface area contributed by atoms with E-state index >= 15 is 0 Å². The number of aromatic nitrogens is 5. The largest absolute Gasteiger partial charge is 0.472 e. The monoisotopic (exact) mass is 456 g/mol. The van der Waals surface area contributed by atoms with Gasteiger partial charge in [-0.2, -0.15) is 10.2 Å². The lowest BCUT2D eigenvalue weighted by atomic mass is 9.99. The molecule has 0 aliphatic carbocycles. The van der Waals surface area contributed by atoms with Gasteiger partial charge in [0.2, 0.25) is 5.88 Å². The van der Waals surface area contributed by atoms with Crippen LogP contribution in [0.15, 0.2) is 47.3 Å². The number of aryl methyl sites for hydroxylation is 1. The molecule has 3 aromatic heterocycles. The van der Waals surface area contributed by atoms with Crippen molar-refractivity contribution in [2.45, 2.75) is 38.8 Å². The molecule has 1 fully saturated rings. The second-order valence-electron chi connectivity index (χ2n) is 6.99. The molecule has 0 radical (unpaired) electrons. The summed E-state index contributed by atoms with van der Waals surface area (Å²) in [6.45, 7) is 4.51. The second-order valence-corrected chi connectivity index (χ2v) is 7.91. The van der Waals surface area contributed by atoms with E-state index in [1.54, 1.807) is 18.6 Å². The molecule has 4 heterocycles. The summed E-state index contributed by atoms with van der Waals surface area (Å²) in [7, 11) is 0. The topological polar surface area (TPSA) is 86.0 Å². The van der Waals surface area contributed by atoms with Crippen molar-refractivity contribution in [2.75, 3.05) is 6.54 Å². The molecule has 8 nitrogen and oxygen atoms in total. The molecule has 0 spiro atoms. The molecular weight excluding hydrogens is 436 g/mol. The number of halogens is 1. The number of likely N-dealkylation sites (tertiary alicyclic amines) is 1. The zero-order valence-corrected chi connectivity index (χ0v) is 17.8. The van der Waals surface area contributed by atoms with Crippen LogP contribution in [0.3, 0.4) is 0 Å². The Morgan fingerprint density at radius 1 is 1.21 bits per heavy atom. The minimum atomic E-state index is -0.148. The Balaban J connectivity index is 1.58. The molecule has 0 saturated carbocycles. The van der Waals surface area contributed by atoms with Crippen molar-refractivity contribution < 1.29 is 9.53 Å². The van der Waals surface area contributed by atoms with Gasteiger partial charge in [0.25, 0.3) is 5.91 Å². The van der Waals surface area contributed by atoms with Gasteiger partial charge in [-0.05, 0) is 60.8 Å². The Morgan fingerprint density at radius 2 is 2.00 bits per heavy atom. The fourth-order valence-electron chi connectivity index (χ4n) is 3.48. The molecule has 3 aromatic rings. The number of piperidine rings is 1. The lowest BCUT2D eigenvalue weighted by Gasteiger charge is -2.39. The quantitative estimate of drug-likeness (QED) is 0.598. The maximum atomic E-state index is 13.4. The number of pyridine rings is 2. The third kappa shape index (κ3) is 4.14. The first-order chi connectivity index (χ1) is 14.0. The first-order valence-electron chi connectivity index (χ1n) is 9.46. The van der Waals surface area contributed by atoms with Crippen molar-refractivity contribution in [1.29, 1.82) is 0 Å². The maximum absolute atomic E-state index is 13.4. The maximum Gasteiger partial charge on any atom is 0.275 e. The summed E-state index contributed by atoms with van der Waals surface area (Å²) in [4.78, 5) is 25.5. The molecule has 1 aliphatic rings. The summed E-state index contributed by atoms with van der Waals surface area (Å²) < 4.78 is 6.98. The second kappa shape index (κ2) is 8.28. The minimum absolute atomic E-state index is 0.123. The van der Waals surface area contributed by atoms with Gasteiger partial charge in [-0.25, -0.2) is 9.97 Å². The molecule has 0 unspecified atom stereocenters. The lowest BCUT2D eigenvalue weighted by molar-refractivity contribution is 0.0261. The van der Waals surface area contributed by atoms with Crippen molar-refractivity contribution in [1.82, 2.24) is 29.9 Å². The molecule has 4 rings (SSSR count). The van der Waals surface area contributed by atoms with Gasteiger partial charge in [0, 0.05) is 29.0 Å². The minimum Gasteiger partial charge on any atom is -0.472 e. The van der Waals surface area contributed by atoms with E-state index in [9.17, 15) is 4.79 Å². The Kier molecular flexibility index (Phi) is 5.57. The normalized spacial score (nSPS) is 19.2. The van der Waals surface area contributed by atoms with E-state index in [0.29, 0.717) is 23.8 Å². The third-order valence-electron chi connectivity index (χ3n) is 5.00. The van der Waals surface area contributed by atoms with E-state index in [2.05, 4.69) is 36.1 Å². The van der Waals surface area contributed by atoms with E-state index in [0.717, 1.165) is 23.0 Å². The van der Waals surface area contributed by atoms with Crippen LogP contribution >= 0.6 is 15.9 Å². The van der Waals surface area contributed by atoms with Crippen molar-refractivity contribution >= 4 is 21.8 Å². The highest BCUT2D eigenvalue weighted by atomic mass is 79.9. The zero-order chi connectivity index (χ0) is 20.4. The van der Waals surface area contributed by atoms with Crippen LogP contribution in [0.5, 0.6) is 5.88 Å². The summed E-state index contributed by atoms with van der Waals surface area (Å²) >= 11 is 3.38. The van der Waals surface area contributed by atoms with Crippen LogP contribution in [0, 0.1) is 6.92 Å². The molecule has 29 heavy (non-hydrogen) atoms. The number of carbonyl (C=O) groups is 1.